The molecule has 280 valence electrons. The fraction of sp³-hybridized carbons (Fsp3) is 0.158. The van der Waals surface area contributed by atoms with E-state index in [1.165, 1.54) is 36.9 Å². The maximum Gasteiger partial charge on any atom is 0.352 e. The minimum Gasteiger partial charge on any atom is -0.619 e. The van der Waals surface area contributed by atoms with Gasteiger partial charge in [-0.25, -0.2) is 9.78 Å². The Morgan fingerprint density at radius 1 is 1.07 bits per heavy atom. The van der Waals surface area contributed by atoms with Crippen LogP contribution in [0.2, 0.25) is 5.02 Å². The Hall–Kier alpha value is -5.55. The number of aliphatic carboxylic acids is 1. The highest BCUT2D eigenvalue weighted by molar-refractivity contribution is 7.99. The Balaban J connectivity index is 1.14. The molecule has 0 radical (unpaired) electrons. The number of β-lactam (4-membered cyclic amide) rings is 1. The molecule has 3 atom stereocenters. The van der Waals surface area contributed by atoms with Crippen molar-refractivity contribution in [3.63, 3.8) is 0 Å². The molecule has 3 N–H and O–H groups in total. The lowest BCUT2D eigenvalue weighted by molar-refractivity contribution is -0.607. The molecular weight excluding hydrogens is 784 g/mol. The molecule has 4 heterocycles. The van der Waals surface area contributed by atoms with Gasteiger partial charge in [-0.05, 0) is 22.3 Å². The number of carboxylic acid groups (broad SMARTS) is 1. The van der Waals surface area contributed by atoms with Crippen LogP contribution >= 0.6 is 34.7 Å². The average Bonchev–Trinajstić information content (AvgIpc) is 3.66. The number of halogens is 1. The van der Waals surface area contributed by atoms with Crippen LogP contribution in [-0.4, -0.2) is 72.7 Å². The summed E-state index contributed by atoms with van der Waals surface area (Å²) in [5.41, 5.74) is 1.73. The van der Waals surface area contributed by atoms with Crippen LogP contribution in [0.4, 0.5) is 5.13 Å². The quantitative estimate of drug-likeness (QED) is 0.0287. The van der Waals surface area contributed by atoms with Crippen LogP contribution in [0, 0.1) is 5.21 Å². The highest BCUT2D eigenvalue weighted by atomic mass is 35.5. The summed E-state index contributed by atoms with van der Waals surface area (Å²) in [6.07, 6.45) is 2.47. The van der Waals surface area contributed by atoms with Crippen molar-refractivity contribution in [1.82, 2.24) is 15.2 Å². The van der Waals surface area contributed by atoms with Crippen molar-refractivity contribution in [2.24, 2.45) is 5.16 Å². The predicted molar refractivity (Wildman–Crippen MR) is 210 cm³/mol. The van der Waals surface area contributed by atoms with E-state index < -0.39 is 45.5 Å². The van der Waals surface area contributed by atoms with Gasteiger partial charge < -0.3 is 25.8 Å². The molecule has 1 fully saturated rings. The average molecular weight is 815 g/mol. The van der Waals surface area contributed by atoms with Crippen LogP contribution in [0.3, 0.4) is 0 Å². The van der Waals surface area contributed by atoms with Gasteiger partial charge in [-0.1, -0.05) is 108 Å². The summed E-state index contributed by atoms with van der Waals surface area (Å²) in [5, 5.41) is 33.3. The highest BCUT2D eigenvalue weighted by Gasteiger charge is 2.57. The number of aromatic nitrogens is 2. The molecule has 2 amide bonds. The molecular formula is C38H31ClN6O7S3. The summed E-state index contributed by atoms with van der Waals surface area (Å²) in [6, 6.07) is 29.8. The minimum atomic E-state index is -1.79. The van der Waals surface area contributed by atoms with Crippen LogP contribution < -0.4 is 15.4 Å². The number of pyridine rings is 1. The lowest BCUT2D eigenvalue weighted by Gasteiger charge is -2.49. The van der Waals surface area contributed by atoms with Gasteiger partial charge in [-0.2, -0.15) is 4.73 Å². The number of amides is 2. The Morgan fingerprint density at radius 3 is 2.24 bits per heavy atom. The van der Waals surface area contributed by atoms with E-state index in [2.05, 4.69) is 15.8 Å². The number of thiazole rings is 1. The summed E-state index contributed by atoms with van der Waals surface area (Å²) in [4.78, 5) is 50.8. The standard InChI is InChI=1S/C38H31ClN6O7S3/c1-52-43-30(28-21-54-37(40-28)42-38(24-11-5-2-6-12-24,25-13-7-3-8-14-25)26-15-9-4-10-16-26)33(46)41-31-34(47)45-32(36(48)49)23(22-55(51)35(31)45)20-53-29-19-44(50)18-17-27(29)39/h2-19,21,31,35H,20,22H2,1H3,(H,40,42)(H,41,46)(H,48,49)/b43-30-/t31-,35-,55?/m1/s1. The van der Waals surface area contributed by atoms with Gasteiger partial charge in [-0.15, -0.1) is 23.1 Å². The number of rotatable bonds is 13. The molecule has 17 heteroatoms. The zero-order chi connectivity index (χ0) is 38.7. The number of carboxylic acids is 1. The third-order valence-corrected chi connectivity index (χ3v) is 13.0. The number of thioether (sulfide) groups is 1. The normalized spacial score (nSPS) is 18.3. The van der Waals surface area contributed by atoms with Crippen molar-refractivity contribution >= 4 is 74.1 Å². The van der Waals surface area contributed by atoms with E-state index in [0.29, 0.717) is 14.8 Å². The van der Waals surface area contributed by atoms with Gasteiger partial charge in [0.05, 0.1) is 26.5 Å². The Bertz CT molecular complexity index is 2250. The number of hydrogen-bond donors (Lipinski definition) is 3. The largest absolute Gasteiger partial charge is 0.619 e. The fourth-order valence-corrected chi connectivity index (χ4v) is 10.4. The van der Waals surface area contributed by atoms with E-state index in [4.69, 9.17) is 21.4 Å². The molecule has 13 nitrogen and oxygen atoms in total. The Morgan fingerprint density at radius 2 is 1.67 bits per heavy atom. The van der Waals surface area contributed by atoms with Gasteiger partial charge in [0.15, 0.2) is 23.2 Å². The first kappa shape index (κ1) is 37.8. The molecule has 5 aromatic rings. The third-order valence-electron chi connectivity index (χ3n) is 9.00. The number of hydrogen-bond acceptors (Lipinski definition) is 11. The predicted octanol–water partition coefficient (Wildman–Crippen LogP) is 4.73. The molecule has 0 bridgehead atoms. The maximum absolute atomic E-state index is 13.8. The van der Waals surface area contributed by atoms with Gasteiger partial charge >= 0.3 is 5.97 Å². The molecule has 0 aliphatic carbocycles. The molecule has 7 rings (SSSR count). The van der Waals surface area contributed by atoms with Gasteiger partial charge in [0, 0.05) is 17.2 Å². The molecule has 55 heavy (non-hydrogen) atoms. The number of carbonyl (C=O) groups excluding carboxylic acids is 2. The number of carbonyl (C=O) groups is 3. The van der Waals surface area contributed by atoms with Gasteiger partial charge in [-0.3, -0.25) is 18.7 Å². The summed E-state index contributed by atoms with van der Waals surface area (Å²) >= 11 is 8.51. The van der Waals surface area contributed by atoms with Crippen molar-refractivity contribution in [3.8, 4) is 0 Å². The van der Waals surface area contributed by atoms with Crippen LogP contribution in [0.25, 0.3) is 0 Å². The van der Waals surface area contributed by atoms with E-state index in [9.17, 15) is 28.9 Å². The number of anilines is 1. The van der Waals surface area contributed by atoms with Crippen LogP contribution in [0.15, 0.2) is 136 Å². The smallest absolute Gasteiger partial charge is 0.352 e. The third kappa shape index (κ3) is 7.33. The molecule has 2 aliphatic rings. The van der Waals surface area contributed by atoms with Gasteiger partial charge in [0.1, 0.15) is 35.5 Å². The molecule has 2 aromatic heterocycles. The molecule has 2 aliphatic heterocycles. The number of fused-ring (bicyclic) bond motifs is 1. The minimum absolute atomic E-state index is 0.00950. The van der Waals surface area contributed by atoms with Crippen LogP contribution in [0.1, 0.15) is 22.4 Å². The molecule has 0 spiro atoms. The van der Waals surface area contributed by atoms with Crippen molar-refractivity contribution in [3.05, 3.63) is 159 Å². The van der Waals surface area contributed by atoms with Gasteiger partial charge in [0.25, 0.3) is 11.8 Å². The first-order chi connectivity index (χ1) is 26.6. The fourth-order valence-electron chi connectivity index (χ4n) is 6.56. The molecule has 1 saturated heterocycles. The Labute approximate surface area is 330 Å². The molecule has 1 unspecified atom stereocenters. The SMILES string of the molecule is CO/N=C(\C(=O)N[C@@H]1C(=O)N2C(C(=O)O)=C(CSc3c[n+]([O-])ccc3Cl)CS(=O)[C@H]12)c1csc(NC(c2ccccc2)(c2ccccc2)c2ccccc2)n1. The summed E-state index contributed by atoms with van der Waals surface area (Å²) in [7, 11) is -0.530. The second-order valence-corrected chi connectivity index (χ2v) is 16.1. The van der Waals surface area contributed by atoms with E-state index >= 15 is 0 Å². The lowest BCUT2D eigenvalue weighted by Crippen LogP contribution is -2.74. The zero-order valence-corrected chi connectivity index (χ0v) is 32.0. The van der Waals surface area contributed by atoms with Crippen LogP contribution in [0.5, 0.6) is 0 Å². The number of benzene rings is 3. The van der Waals surface area contributed by atoms with E-state index in [-0.39, 0.29) is 39.2 Å². The van der Waals surface area contributed by atoms with Crippen molar-refractivity contribution in [2.45, 2.75) is 21.9 Å². The topological polar surface area (TPSA) is 177 Å². The number of nitrogens with zero attached hydrogens (tertiary/aromatic N) is 4. The first-order valence-corrected chi connectivity index (χ1v) is 20.2. The maximum atomic E-state index is 13.8. The molecule has 0 saturated carbocycles. The summed E-state index contributed by atoms with van der Waals surface area (Å²) < 4.78 is 14.1. The monoisotopic (exact) mass is 814 g/mol. The second kappa shape index (κ2) is 16.0. The summed E-state index contributed by atoms with van der Waals surface area (Å²) in [6.45, 7) is 0. The molecule has 3 aromatic carbocycles. The summed E-state index contributed by atoms with van der Waals surface area (Å²) in [5.74, 6) is -3.15. The second-order valence-electron chi connectivity index (χ2n) is 12.3. The van der Waals surface area contributed by atoms with E-state index in [0.717, 1.165) is 33.4 Å². The first-order valence-electron chi connectivity index (χ1n) is 16.6. The Kier molecular flexibility index (Phi) is 11.0. The van der Waals surface area contributed by atoms with Crippen molar-refractivity contribution < 1.29 is 33.3 Å². The highest BCUT2D eigenvalue weighted by Crippen LogP contribution is 2.41. The van der Waals surface area contributed by atoms with Gasteiger partial charge in [0.2, 0.25) is 0 Å². The van der Waals surface area contributed by atoms with Crippen molar-refractivity contribution in [1.29, 1.82) is 0 Å². The van der Waals surface area contributed by atoms with Crippen molar-refractivity contribution in [2.75, 3.05) is 23.9 Å². The number of oxime groups is 1. The van der Waals surface area contributed by atoms with Crippen LogP contribution in [-0.2, 0) is 35.6 Å². The van der Waals surface area contributed by atoms with E-state index in [1.807, 2.05) is 91.0 Å². The zero-order valence-electron chi connectivity index (χ0n) is 28.8. The number of nitrogens with one attached hydrogen (secondary N) is 2. The van der Waals surface area contributed by atoms with E-state index in [1.54, 1.807) is 5.38 Å². The lowest BCUT2D eigenvalue weighted by atomic mass is 9.77.